The van der Waals surface area contributed by atoms with Gasteiger partial charge in [-0.1, -0.05) is 58.3 Å². The number of hydrogen-bond acceptors (Lipinski definition) is 0. The number of hydrogen-bond donors (Lipinski definition) is 1. The molecule has 0 aliphatic rings. The van der Waals surface area contributed by atoms with Gasteiger partial charge in [-0.15, -0.1) is 0 Å². The maximum atomic E-state index is 3.85. The molecular weight excluding hydrogens is 217 g/mol. The van der Waals surface area contributed by atoms with Gasteiger partial charge in [-0.05, 0) is 12.8 Å². The summed E-state index contributed by atoms with van der Waals surface area (Å²) in [6, 6.07) is 0. The molecule has 0 unspecified atom stereocenters. The minimum absolute atomic E-state index is 0. The van der Waals surface area contributed by atoms with Gasteiger partial charge in [0.2, 0.25) is 0 Å². The van der Waals surface area contributed by atoms with Crippen LogP contribution in [-0.2, 0) is 0 Å². The van der Waals surface area contributed by atoms with Crippen molar-refractivity contribution in [2.24, 2.45) is 0 Å². The zero-order valence-electron chi connectivity index (χ0n) is 10.9. The van der Waals surface area contributed by atoms with Crippen molar-refractivity contribution in [3.05, 3.63) is 0 Å². The molecule has 0 spiro atoms. The zero-order chi connectivity index (χ0) is 9.78. The first kappa shape index (κ1) is 21.5. The van der Waals surface area contributed by atoms with Gasteiger partial charge in [-0.25, -0.2) is 0 Å². The smallest absolute Gasteiger partial charge is 0.0739 e. The molecule has 3 N–H and O–H groups in total. The van der Waals surface area contributed by atoms with Crippen LogP contribution in [-0.4, -0.2) is 36.1 Å². The summed E-state index contributed by atoms with van der Waals surface area (Å²) in [7, 11) is 0. The first-order valence-corrected chi connectivity index (χ1v) is 6.21. The molecule has 0 aliphatic carbocycles. The summed E-state index contributed by atoms with van der Waals surface area (Å²) < 4.78 is 0. The van der Waals surface area contributed by atoms with E-state index in [0.29, 0.717) is 0 Å². The quantitative estimate of drug-likeness (QED) is 0.406. The molecule has 89 valence electrons. The maximum Gasteiger partial charge on any atom is 0.0739 e. The van der Waals surface area contributed by atoms with E-state index in [-0.39, 0.29) is 42.0 Å². The van der Waals surface area contributed by atoms with Crippen LogP contribution in [0.2, 0.25) is 0 Å². The molecule has 0 aliphatic heterocycles. The summed E-state index contributed by atoms with van der Waals surface area (Å²) in [4.78, 5) is 0. The van der Waals surface area contributed by atoms with Crippen LogP contribution in [0.5, 0.6) is 0 Å². The molecule has 1 nitrogen and oxygen atoms in total. The predicted molar refractivity (Wildman–Crippen MR) is 65.4 cm³/mol. The second-order valence-electron chi connectivity index (χ2n) is 4.04. The third-order valence-electron chi connectivity index (χ3n) is 2.60. The van der Waals surface area contributed by atoms with Crippen molar-refractivity contribution in [1.29, 1.82) is 0 Å². The summed E-state index contributed by atoms with van der Waals surface area (Å²) in [5.41, 5.74) is 3.85. The van der Waals surface area contributed by atoms with E-state index < -0.39 is 0 Å². The Labute approximate surface area is 125 Å². The van der Waals surface area contributed by atoms with E-state index in [1.807, 2.05) is 0 Å². The van der Waals surface area contributed by atoms with Crippen molar-refractivity contribution in [3.8, 4) is 0 Å². The summed E-state index contributed by atoms with van der Waals surface area (Å²) in [6.45, 7) is 3.40. The van der Waals surface area contributed by atoms with Crippen molar-refractivity contribution < 1.29 is 18.1 Å². The first-order valence-electron chi connectivity index (χ1n) is 6.21. The van der Waals surface area contributed by atoms with E-state index in [1.165, 1.54) is 64.2 Å². The molecule has 0 atom stereocenters. The SMILES string of the molecule is CCCCCCCCCCCC[NH3+].[Cl-].[Na]. The average molecular weight is 245 g/mol. The van der Waals surface area contributed by atoms with Crippen molar-refractivity contribution >= 4 is 29.6 Å². The molecule has 1 radical (unpaired) electrons. The zero-order valence-corrected chi connectivity index (χ0v) is 13.6. The van der Waals surface area contributed by atoms with Gasteiger partial charge in [0, 0.05) is 29.6 Å². The third-order valence-corrected chi connectivity index (χ3v) is 2.60. The van der Waals surface area contributed by atoms with Crippen LogP contribution >= 0.6 is 0 Å². The topological polar surface area (TPSA) is 27.6 Å². The van der Waals surface area contributed by atoms with Gasteiger partial charge < -0.3 is 18.1 Å². The van der Waals surface area contributed by atoms with Gasteiger partial charge >= 0.3 is 0 Å². The Morgan fingerprint density at radius 2 is 1.00 bits per heavy atom. The monoisotopic (exact) mass is 244 g/mol. The van der Waals surface area contributed by atoms with Crippen molar-refractivity contribution in [2.75, 3.05) is 6.54 Å². The second-order valence-corrected chi connectivity index (χ2v) is 4.04. The standard InChI is InChI=1S/C12H27N.ClH.Na/c1-2-3-4-5-6-7-8-9-10-11-12-13;;/h2-13H2,1H3;1H;. The number of rotatable bonds is 10. The summed E-state index contributed by atoms with van der Waals surface area (Å²) in [5, 5.41) is 0. The molecule has 15 heavy (non-hydrogen) atoms. The fourth-order valence-corrected chi connectivity index (χ4v) is 1.66. The molecule has 0 aromatic heterocycles. The van der Waals surface area contributed by atoms with E-state index >= 15 is 0 Å². The summed E-state index contributed by atoms with van der Waals surface area (Å²) >= 11 is 0. The minimum atomic E-state index is 0. The average Bonchev–Trinajstić information content (AvgIpc) is 2.16. The van der Waals surface area contributed by atoms with Crippen molar-refractivity contribution in [3.63, 3.8) is 0 Å². The molecular formula is C12H28ClNNa. The van der Waals surface area contributed by atoms with Crippen molar-refractivity contribution in [2.45, 2.75) is 71.1 Å². The maximum absolute atomic E-state index is 3.85. The largest absolute Gasteiger partial charge is 1.00 e. The summed E-state index contributed by atoms with van der Waals surface area (Å²) in [6.07, 6.45) is 14.2. The molecule has 0 saturated carbocycles. The Morgan fingerprint density at radius 3 is 1.33 bits per heavy atom. The Kier molecular flexibility index (Phi) is 29.6. The third kappa shape index (κ3) is 21.2. The van der Waals surface area contributed by atoms with Crippen LogP contribution in [0.15, 0.2) is 0 Å². The first-order chi connectivity index (χ1) is 6.41. The van der Waals surface area contributed by atoms with Gasteiger partial charge in [0.25, 0.3) is 0 Å². The molecule has 3 heteroatoms. The molecule has 0 bridgehead atoms. The second kappa shape index (κ2) is 20.6. The van der Waals surface area contributed by atoms with E-state index in [9.17, 15) is 0 Å². The van der Waals surface area contributed by atoms with Crippen LogP contribution in [0.4, 0.5) is 0 Å². The fraction of sp³-hybridized carbons (Fsp3) is 1.00. The summed E-state index contributed by atoms with van der Waals surface area (Å²) in [5.74, 6) is 0. The Balaban J connectivity index is -0.000000720. The Bertz CT molecular complexity index is 81.7. The molecule has 0 amide bonds. The van der Waals surface area contributed by atoms with Gasteiger partial charge in [-0.3, -0.25) is 0 Å². The predicted octanol–water partition coefficient (Wildman–Crippen LogP) is -0.228. The van der Waals surface area contributed by atoms with Crippen LogP contribution in [0, 0.1) is 0 Å². The fourth-order valence-electron chi connectivity index (χ4n) is 1.66. The molecule has 0 heterocycles. The normalized spacial score (nSPS) is 9.20. The Hall–Kier alpha value is 1.25. The number of quaternary nitrogens is 1. The van der Waals surface area contributed by atoms with E-state index in [4.69, 9.17) is 0 Å². The molecule has 0 aromatic carbocycles. The van der Waals surface area contributed by atoms with Crippen molar-refractivity contribution in [1.82, 2.24) is 0 Å². The minimum Gasteiger partial charge on any atom is -1.00 e. The molecule has 0 saturated heterocycles. The van der Waals surface area contributed by atoms with Gasteiger partial charge in [0.05, 0.1) is 6.54 Å². The van der Waals surface area contributed by atoms with Crippen LogP contribution in [0.3, 0.4) is 0 Å². The van der Waals surface area contributed by atoms with Gasteiger partial charge in [-0.2, -0.15) is 0 Å². The molecule has 0 rings (SSSR count). The number of unbranched alkanes of at least 4 members (excludes halogenated alkanes) is 9. The molecule has 0 fully saturated rings. The Morgan fingerprint density at radius 1 is 0.667 bits per heavy atom. The van der Waals surface area contributed by atoms with Crippen LogP contribution in [0.1, 0.15) is 71.1 Å². The van der Waals surface area contributed by atoms with Gasteiger partial charge in [0.1, 0.15) is 0 Å². The van der Waals surface area contributed by atoms with E-state index in [2.05, 4.69) is 12.7 Å². The van der Waals surface area contributed by atoms with Gasteiger partial charge in [0.15, 0.2) is 0 Å². The molecule has 0 aromatic rings. The van der Waals surface area contributed by atoms with Crippen LogP contribution in [0.25, 0.3) is 0 Å². The number of halogens is 1. The van der Waals surface area contributed by atoms with E-state index in [0.717, 1.165) is 6.54 Å². The van der Waals surface area contributed by atoms with E-state index in [1.54, 1.807) is 0 Å². The van der Waals surface area contributed by atoms with Crippen LogP contribution < -0.4 is 18.1 Å².